The van der Waals surface area contributed by atoms with E-state index in [1.807, 2.05) is 85.2 Å². The fourth-order valence-corrected chi connectivity index (χ4v) is 6.68. The highest BCUT2D eigenvalue weighted by Gasteiger charge is 2.30. The average Bonchev–Trinajstić information content (AvgIpc) is 3.39. The zero-order valence-corrected chi connectivity index (χ0v) is 28.9. The van der Waals surface area contributed by atoms with E-state index in [1.165, 1.54) is 0 Å². The summed E-state index contributed by atoms with van der Waals surface area (Å²) in [5.41, 5.74) is 4.90. The number of methoxy groups -OCH3 is 1. The SMILES string of the molecule is COc1ccc2c(c1)C(c1ccc(Cl)cc1)=N[C@@H](CC(=O)NCC(=O)NCCc1ccc3ccc([Si](C)(C)O)nc3c1)c1nnc(C)n1-2. The fourth-order valence-electron chi connectivity index (χ4n) is 5.67. The Hall–Kier alpha value is -4.91. The molecule has 3 N–H and O–H groups in total. The predicted molar refractivity (Wildman–Crippen MR) is 188 cm³/mol. The van der Waals surface area contributed by atoms with E-state index in [-0.39, 0.29) is 24.8 Å². The number of amides is 2. The number of aromatic nitrogens is 4. The van der Waals surface area contributed by atoms with Crippen molar-refractivity contribution in [2.75, 3.05) is 20.2 Å². The van der Waals surface area contributed by atoms with Crippen molar-refractivity contribution in [2.45, 2.75) is 38.9 Å². The summed E-state index contributed by atoms with van der Waals surface area (Å²) in [6.07, 6.45) is 0.541. The molecule has 0 spiro atoms. The van der Waals surface area contributed by atoms with Crippen LogP contribution >= 0.6 is 11.6 Å². The Labute approximate surface area is 284 Å². The molecule has 3 aromatic carbocycles. The third kappa shape index (κ3) is 7.15. The van der Waals surface area contributed by atoms with Crippen molar-refractivity contribution in [3.63, 3.8) is 0 Å². The predicted octanol–water partition coefficient (Wildman–Crippen LogP) is 3.95. The number of hydrogen-bond donors (Lipinski definition) is 3. The second kappa shape index (κ2) is 13.7. The molecule has 1 aliphatic heterocycles. The molecule has 0 fully saturated rings. The van der Waals surface area contributed by atoms with Crippen LogP contribution in [0, 0.1) is 6.92 Å². The number of aryl methyl sites for hydroxylation is 1. The van der Waals surface area contributed by atoms with Crippen LogP contribution in [0.4, 0.5) is 0 Å². The minimum Gasteiger partial charge on any atom is -0.497 e. The van der Waals surface area contributed by atoms with Crippen LogP contribution < -0.4 is 20.7 Å². The van der Waals surface area contributed by atoms with Gasteiger partial charge in [0, 0.05) is 28.1 Å². The summed E-state index contributed by atoms with van der Waals surface area (Å²) in [6.45, 7) is 5.74. The molecule has 0 saturated heterocycles. The lowest BCUT2D eigenvalue weighted by molar-refractivity contribution is -0.126. The lowest BCUT2D eigenvalue weighted by atomic mass is 10.00. The van der Waals surface area contributed by atoms with Gasteiger partial charge in [-0.15, -0.1) is 10.2 Å². The number of ether oxygens (including phenoxy) is 1. The smallest absolute Gasteiger partial charge is 0.239 e. The minimum absolute atomic E-state index is 0.0484. The van der Waals surface area contributed by atoms with Crippen LogP contribution in [0.25, 0.3) is 16.6 Å². The summed E-state index contributed by atoms with van der Waals surface area (Å²) in [6, 6.07) is 22.2. The molecule has 5 aromatic rings. The summed E-state index contributed by atoms with van der Waals surface area (Å²) in [4.78, 5) is 46.1. The van der Waals surface area contributed by atoms with Gasteiger partial charge in [-0.05, 0) is 74.5 Å². The monoisotopic (exact) mass is 681 g/mol. The van der Waals surface area contributed by atoms with Crippen molar-refractivity contribution in [3.05, 3.63) is 106 Å². The first-order chi connectivity index (χ1) is 23.0. The van der Waals surface area contributed by atoms with E-state index in [1.54, 1.807) is 19.2 Å². The molecule has 11 nitrogen and oxygen atoms in total. The number of carbonyl (C=O) groups excluding carboxylic acids is 2. The number of pyridine rings is 1. The van der Waals surface area contributed by atoms with Crippen molar-refractivity contribution >= 4 is 53.7 Å². The summed E-state index contributed by atoms with van der Waals surface area (Å²) in [5.74, 6) is 1.17. The van der Waals surface area contributed by atoms with Gasteiger partial charge in [-0.3, -0.25) is 24.1 Å². The molecule has 0 saturated carbocycles. The molecule has 1 aliphatic rings. The number of nitrogens with zero attached hydrogens (tertiary/aromatic N) is 5. The first kappa shape index (κ1) is 33.0. The maximum atomic E-state index is 13.2. The summed E-state index contributed by atoms with van der Waals surface area (Å²) in [7, 11) is -0.922. The number of hydrogen-bond acceptors (Lipinski definition) is 8. The van der Waals surface area contributed by atoms with E-state index in [4.69, 9.17) is 21.3 Å². The molecule has 2 amide bonds. The lowest BCUT2D eigenvalue weighted by Crippen LogP contribution is -2.43. The Bertz CT molecular complexity index is 2040. The standard InChI is InChI=1S/C35H36ClN7O4Si/c1-21-41-42-35-29(40-34(24-7-10-25(36)11-8-24)27-18-26(47-2)12-13-30(27)43(21)35)19-31(44)38-20-32(45)37-16-15-22-5-6-23-9-14-33(48(3,4)46)39-28(23)17-22/h5-14,17-18,29,46H,15-16,19-20H2,1-4H3,(H,37,45)(H,38,44)/t29-/m0/s1. The number of benzene rings is 3. The van der Waals surface area contributed by atoms with Gasteiger partial charge in [-0.2, -0.15) is 0 Å². The largest absolute Gasteiger partial charge is 0.497 e. The molecular weight excluding hydrogens is 646 g/mol. The van der Waals surface area contributed by atoms with Gasteiger partial charge in [0.05, 0.1) is 42.3 Å². The zero-order chi connectivity index (χ0) is 34.0. The van der Waals surface area contributed by atoms with Gasteiger partial charge in [-0.1, -0.05) is 41.9 Å². The van der Waals surface area contributed by atoms with Crippen LogP contribution in [0.15, 0.2) is 77.8 Å². The van der Waals surface area contributed by atoms with Crippen LogP contribution in [-0.4, -0.2) is 70.6 Å². The van der Waals surface area contributed by atoms with E-state index in [0.29, 0.717) is 41.1 Å². The quantitative estimate of drug-likeness (QED) is 0.190. The highest BCUT2D eigenvalue weighted by atomic mass is 35.5. The lowest BCUT2D eigenvalue weighted by Gasteiger charge is -2.14. The molecule has 48 heavy (non-hydrogen) atoms. The third-order valence-electron chi connectivity index (χ3n) is 8.19. The molecule has 0 aliphatic carbocycles. The average molecular weight is 682 g/mol. The van der Waals surface area contributed by atoms with E-state index in [9.17, 15) is 14.4 Å². The summed E-state index contributed by atoms with van der Waals surface area (Å²) >= 11 is 6.19. The van der Waals surface area contributed by atoms with Crippen LogP contribution in [0.3, 0.4) is 0 Å². The number of carbonyl (C=O) groups is 2. The van der Waals surface area contributed by atoms with Crippen molar-refractivity contribution in [2.24, 2.45) is 4.99 Å². The highest BCUT2D eigenvalue weighted by Crippen LogP contribution is 2.34. The number of halogens is 1. The van der Waals surface area contributed by atoms with Crippen LogP contribution in [0.5, 0.6) is 5.75 Å². The van der Waals surface area contributed by atoms with Gasteiger partial charge < -0.3 is 20.2 Å². The molecule has 0 bridgehead atoms. The second-order valence-corrected chi connectivity index (χ2v) is 16.3. The maximum Gasteiger partial charge on any atom is 0.239 e. The molecule has 6 rings (SSSR count). The fraction of sp³-hybridized carbons (Fsp3) is 0.257. The number of fused-ring (bicyclic) bond motifs is 4. The van der Waals surface area contributed by atoms with Crippen molar-refractivity contribution < 1.29 is 19.1 Å². The van der Waals surface area contributed by atoms with Gasteiger partial charge in [0.15, 0.2) is 5.82 Å². The van der Waals surface area contributed by atoms with Gasteiger partial charge in [0.1, 0.15) is 17.6 Å². The van der Waals surface area contributed by atoms with E-state index in [0.717, 1.165) is 38.6 Å². The van der Waals surface area contributed by atoms with Gasteiger partial charge >= 0.3 is 0 Å². The Morgan fingerprint density at radius 2 is 1.75 bits per heavy atom. The van der Waals surface area contributed by atoms with Crippen LogP contribution in [-0.2, 0) is 16.0 Å². The Morgan fingerprint density at radius 1 is 0.979 bits per heavy atom. The molecule has 246 valence electrons. The van der Waals surface area contributed by atoms with Crippen molar-refractivity contribution in [3.8, 4) is 11.4 Å². The molecule has 1 atom stereocenters. The molecule has 0 unspecified atom stereocenters. The van der Waals surface area contributed by atoms with E-state index < -0.39 is 14.4 Å². The van der Waals surface area contributed by atoms with E-state index >= 15 is 0 Å². The zero-order valence-electron chi connectivity index (χ0n) is 27.1. The Morgan fingerprint density at radius 3 is 2.50 bits per heavy atom. The topological polar surface area (TPSA) is 144 Å². The van der Waals surface area contributed by atoms with Crippen molar-refractivity contribution in [1.82, 2.24) is 30.4 Å². The molecule has 3 heterocycles. The molecule has 0 radical (unpaired) electrons. The number of nitrogens with one attached hydrogen (secondary N) is 2. The Kier molecular flexibility index (Phi) is 9.40. The number of aliphatic imine (C=N–C) groups is 1. The van der Waals surface area contributed by atoms with Crippen molar-refractivity contribution in [1.29, 1.82) is 0 Å². The van der Waals surface area contributed by atoms with Gasteiger partial charge in [-0.25, -0.2) is 0 Å². The minimum atomic E-state index is -2.53. The molecule has 13 heteroatoms. The first-order valence-electron chi connectivity index (χ1n) is 15.6. The van der Waals surface area contributed by atoms with Crippen LogP contribution in [0.2, 0.25) is 18.1 Å². The summed E-state index contributed by atoms with van der Waals surface area (Å²) < 4.78 is 7.43. The molecular formula is C35H36ClN7O4Si. The van der Waals surface area contributed by atoms with Gasteiger partial charge in [0.25, 0.3) is 0 Å². The normalized spacial score (nSPS) is 14.0. The van der Waals surface area contributed by atoms with Crippen LogP contribution in [0.1, 0.15) is 40.8 Å². The summed E-state index contributed by atoms with van der Waals surface area (Å²) in [5, 5.41) is 16.6. The maximum absolute atomic E-state index is 13.2. The van der Waals surface area contributed by atoms with E-state index in [2.05, 4.69) is 25.8 Å². The second-order valence-electron chi connectivity index (χ2n) is 12.2. The molecule has 2 aromatic heterocycles. The Balaban J connectivity index is 1.13. The number of rotatable bonds is 10. The third-order valence-corrected chi connectivity index (χ3v) is 9.98. The first-order valence-corrected chi connectivity index (χ1v) is 18.9. The van der Waals surface area contributed by atoms with Gasteiger partial charge in [0.2, 0.25) is 20.1 Å². The highest BCUT2D eigenvalue weighted by molar-refractivity contribution is 6.82.